The van der Waals surface area contributed by atoms with E-state index in [4.69, 9.17) is 10.2 Å². The standard InChI is InChI=1S/C9H18N2O4/c1-11(2)8(13)3-4-10-6-7(12)5-9(14)15/h7,10,12H,3-6H2,1-2H3,(H,14,15). The highest BCUT2D eigenvalue weighted by Gasteiger charge is 2.09. The largest absolute Gasteiger partial charge is 0.481 e. The van der Waals surface area contributed by atoms with Crippen LogP contribution in [0.3, 0.4) is 0 Å². The van der Waals surface area contributed by atoms with Gasteiger partial charge in [0.2, 0.25) is 5.91 Å². The lowest BCUT2D eigenvalue weighted by molar-refractivity contribution is -0.139. The Morgan fingerprint density at radius 3 is 2.47 bits per heavy atom. The van der Waals surface area contributed by atoms with Gasteiger partial charge in [-0.2, -0.15) is 0 Å². The Hall–Kier alpha value is -1.14. The van der Waals surface area contributed by atoms with Crippen molar-refractivity contribution in [3.05, 3.63) is 0 Å². The zero-order valence-corrected chi connectivity index (χ0v) is 9.06. The Balaban J connectivity index is 3.46. The molecule has 3 N–H and O–H groups in total. The van der Waals surface area contributed by atoms with Crippen molar-refractivity contribution in [2.75, 3.05) is 27.2 Å². The lowest BCUT2D eigenvalue weighted by atomic mass is 10.2. The van der Waals surface area contributed by atoms with Crippen LogP contribution >= 0.6 is 0 Å². The number of nitrogens with zero attached hydrogens (tertiary/aromatic N) is 1. The van der Waals surface area contributed by atoms with Gasteiger partial charge in [-0.15, -0.1) is 0 Å². The molecule has 0 aromatic rings. The van der Waals surface area contributed by atoms with Crippen molar-refractivity contribution in [2.24, 2.45) is 0 Å². The smallest absolute Gasteiger partial charge is 0.306 e. The first-order chi connectivity index (χ1) is 6.93. The van der Waals surface area contributed by atoms with Crippen molar-refractivity contribution in [1.82, 2.24) is 10.2 Å². The summed E-state index contributed by atoms with van der Waals surface area (Å²) in [5.41, 5.74) is 0. The zero-order valence-electron chi connectivity index (χ0n) is 9.06. The Morgan fingerprint density at radius 2 is 2.00 bits per heavy atom. The minimum Gasteiger partial charge on any atom is -0.481 e. The number of nitrogens with one attached hydrogen (secondary N) is 1. The number of aliphatic hydroxyl groups excluding tert-OH is 1. The van der Waals surface area contributed by atoms with E-state index in [2.05, 4.69) is 5.32 Å². The summed E-state index contributed by atoms with van der Waals surface area (Å²) in [5.74, 6) is -1.04. The SMILES string of the molecule is CN(C)C(=O)CCNCC(O)CC(=O)O. The summed E-state index contributed by atoms with van der Waals surface area (Å²) in [6.07, 6.45) is -0.849. The molecular formula is C9H18N2O4. The summed E-state index contributed by atoms with van der Waals surface area (Å²) in [6.45, 7) is 0.626. The van der Waals surface area contributed by atoms with E-state index in [1.807, 2.05) is 0 Å². The summed E-state index contributed by atoms with van der Waals surface area (Å²) in [5, 5.41) is 20.3. The average Bonchev–Trinajstić information content (AvgIpc) is 2.10. The van der Waals surface area contributed by atoms with E-state index in [0.717, 1.165) is 0 Å². The molecule has 1 amide bonds. The monoisotopic (exact) mass is 218 g/mol. The topological polar surface area (TPSA) is 89.9 Å². The van der Waals surface area contributed by atoms with Crippen molar-refractivity contribution in [3.63, 3.8) is 0 Å². The summed E-state index contributed by atoms with van der Waals surface area (Å²) in [7, 11) is 3.34. The molecule has 1 unspecified atom stereocenters. The van der Waals surface area contributed by atoms with Crippen molar-refractivity contribution >= 4 is 11.9 Å². The Kier molecular flexibility index (Phi) is 6.64. The number of aliphatic hydroxyl groups is 1. The number of carboxylic acids is 1. The molecule has 0 saturated carbocycles. The van der Waals surface area contributed by atoms with Crippen LogP contribution in [0.15, 0.2) is 0 Å². The molecular weight excluding hydrogens is 200 g/mol. The fourth-order valence-electron chi connectivity index (χ4n) is 0.961. The third-order valence-electron chi connectivity index (χ3n) is 1.80. The van der Waals surface area contributed by atoms with Gasteiger partial charge in [0.25, 0.3) is 0 Å². The van der Waals surface area contributed by atoms with Gasteiger partial charge in [0.15, 0.2) is 0 Å². The molecule has 88 valence electrons. The Labute approximate surface area is 88.9 Å². The van der Waals surface area contributed by atoms with E-state index in [9.17, 15) is 9.59 Å². The predicted molar refractivity (Wildman–Crippen MR) is 54.4 cm³/mol. The summed E-state index contributed by atoms with van der Waals surface area (Å²) >= 11 is 0. The van der Waals surface area contributed by atoms with Crippen LogP contribution in [0.25, 0.3) is 0 Å². The minimum atomic E-state index is -1.03. The molecule has 0 heterocycles. The zero-order chi connectivity index (χ0) is 11.8. The summed E-state index contributed by atoms with van der Waals surface area (Å²) in [4.78, 5) is 22.8. The van der Waals surface area contributed by atoms with Crippen LogP contribution in [0.2, 0.25) is 0 Å². The number of carboxylic acid groups (broad SMARTS) is 1. The van der Waals surface area contributed by atoms with Crippen LogP contribution in [-0.4, -0.2) is 60.3 Å². The molecule has 0 saturated heterocycles. The van der Waals surface area contributed by atoms with Crippen molar-refractivity contribution < 1.29 is 19.8 Å². The average molecular weight is 218 g/mol. The molecule has 1 atom stereocenters. The number of rotatable bonds is 7. The van der Waals surface area contributed by atoms with Gasteiger partial charge in [0.05, 0.1) is 12.5 Å². The van der Waals surface area contributed by atoms with Crippen LogP contribution in [0.4, 0.5) is 0 Å². The van der Waals surface area contributed by atoms with Crippen LogP contribution in [-0.2, 0) is 9.59 Å². The maximum absolute atomic E-state index is 11.1. The molecule has 15 heavy (non-hydrogen) atoms. The second-order valence-corrected chi connectivity index (χ2v) is 3.49. The number of aliphatic carboxylic acids is 1. The molecule has 0 fully saturated rings. The Morgan fingerprint density at radius 1 is 1.40 bits per heavy atom. The molecule has 0 aliphatic carbocycles. The van der Waals surface area contributed by atoms with Gasteiger partial charge in [-0.1, -0.05) is 0 Å². The van der Waals surface area contributed by atoms with Gasteiger partial charge in [0.1, 0.15) is 0 Å². The van der Waals surface area contributed by atoms with Crippen molar-refractivity contribution in [3.8, 4) is 0 Å². The second-order valence-electron chi connectivity index (χ2n) is 3.49. The van der Waals surface area contributed by atoms with Gasteiger partial charge < -0.3 is 20.4 Å². The van der Waals surface area contributed by atoms with Crippen molar-refractivity contribution in [2.45, 2.75) is 18.9 Å². The lowest BCUT2D eigenvalue weighted by Crippen LogP contribution is -2.32. The molecule has 0 radical (unpaired) electrons. The second kappa shape index (κ2) is 7.19. The Bertz CT molecular complexity index is 218. The van der Waals surface area contributed by atoms with Gasteiger partial charge in [-0.05, 0) is 0 Å². The van der Waals surface area contributed by atoms with Crippen LogP contribution < -0.4 is 5.32 Å². The molecule has 0 aliphatic heterocycles. The maximum Gasteiger partial charge on any atom is 0.306 e. The normalized spacial score (nSPS) is 12.2. The fourth-order valence-corrected chi connectivity index (χ4v) is 0.961. The first-order valence-electron chi connectivity index (χ1n) is 4.74. The molecule has 0 aliphatic rings. The van der Waals surface area contributed by atoms with Crippen molar-refractivity contribution in [1.29, 1.82) is 0 Å². The number of carbonyl (C=O) groups is 2. The van der Waals surface area contributed by atoms with Crippen LogP contribution in [0, 0.1) is 0 Å². The van der Waals surface area contributed by atoms with E-state index in [1.54, 1.807) is 14.1 Å². The van der Waals surface area contributed by atoms with E-state index in [-0.39, 0.29) is 18.9 Å². The molecule has 0 aromatic carbocycles. The first kappa shape index (κ1) is 13.9. The van der Waals surface area contributed by atoms with E-state index >= 15 is 0 Å². The highest BCUT2D eigenvalue weighted by molar-refractivity contribution is 5.75. The number of hydrogen-bond donors (Lipinski definition) is 3. The number of carbonyl (C=O) groups excluding carboxylic acids is 1. The van der Waals surface area contributed by atoms with Gasteiger partial charge in [-0.25, -0.2) is 0 Å². The molecule has 0 bridgehead atoms. The van der Waals surface area contributed by atoms with E-state index in [0.29, 0.717) is 13.0 Å². The number of hydrogen-bond acceptors (Lipinski definition) is 4. The van der Waals surface area contributed by atoms with Gasteiger partial charge in [0, 0.05) is 33.6 Å². The lowest BCUT2D eigenvalue weighted by Gasteiger charge is -2.12. The fraction of sp³-hybridized carbons (Fsp3) is 0.778. The van der Waals surface area contributed by atoms with Gasteiger partial charge >= 0.3 is 5.97 Å². The minimum absolute atomic E-state index is 0.00442. The van der Waals surface area contributed by atoms with Crippen LogP contribution in [0.1, 0.15) is 12.8 Å². The maximum atomic E-state index is 11.1. The molecule has 0 aromatic heterocycles. The first-order valence-corrected chi connectivity index (χ1v) is 4.74. The third kappa shape index (κ3) is 7.90. The molecule has 6 nitrogen and oxygen atoms in total. The molecule has 6 heteroatoms. The number of amides is 1. The van der Waals surface area contributed by atoms with E-state index in [1.165, 1.54) is 4.90 Å². The highest BCUT2D eigenvalue weighted by atomic mass is 16.4. The summed E-state index contributed by atoms with van der Waals surface area (Å²) < 4.78 is 0. The van der Waals surface area contributed by atoms with Crippen LogP contribution in [0.5, 0.6) is 0 Å². The highest BCUT2D eigenvalue weighted by Crippen LogP contribution is 1.90. The summed E-state index contributed by atoms with van der Waals surface area (Å²) in [6, 6.07) is 0. The van der Waals surface area contributed by atoms with E-state index < -0.39 is 12.1 Å². The van der Waals surface area contributed by atoms with Gasteiger partial charge in [-0.3, -0.25) is 9.59 Å². The third-order valence-corrected chi connectivity index (χ3v) is 1.80. The molecule has 0 spiro atoms. The predicted octanol–water partition coefficient (Wildman–Crippen LogP) is -1.11. The molecule has 0 rings (SSSR count). The quantitative estimate of drug-likeness (QED) is 0.471.